The standard InChI is InChI=1S/C13H18N2O4S/c1-19-12-4-2-3-10(7-12)15-13(16)8-11-9-20(17,18)6-5-14-11/h2-4,7,11,14H,5-6,8-9H2,1H3,(H,15,16). The van der Waals surface area contributed by atoms with E-state index in [4.69, 9.17) is 4.74 Å². The lowest BCUT2D eigenvalue weighted by atomic mass is 10.2. The number of carbonyl (C=O) groups is 1. The smallest absolute Gasteiger partial charge is 0.225 e. The minimum atomic E-state index is -3.02. The SMILES string of the molecule is COc1cccc(NC(=O)CC2CS(=O)(=O)CCN2)c1. The lowest BCUT2D eigenvalue weighted by Gasteiger charge is -2.23. The number of hydrogen-bond donors (Lipinski definition) is 2. The number of rotatable bonds is 4. The van der Waals surface area contributed by atoms with Crippen molar-refractivity contribution in [3.63, 3.8) is 0 Å². The summed E-state index contributed by atoms with van der Waals surface area (Å²) < 4.78 is 28.1. The molecule has 2 N–H and O–H groups in total. The minimum absolute atomic E-state index is 0.0124. The molecule has 0 bridgehead atoms. The maximum Gasteiger partial charge on any atom is 0.225 e. The summed E-state index contributed by atoms with van der Waals surface area (Å²) in [5, 5.41) is 5.79. The van der Waals surface area contributed by atoms with Gasteiger partial charge in [0.25, 0.3) is 0 Å². The molecule has 1 amide bonds. The van der Waals surface area contributed by atoms with E-state index in [1.54, 1.807) is 31.4 Å². The molecule has 7 heteroatoms. The average molecular weight is 298 g/mol. The first-order valence-electron chi connectivity index (χ1n) is 6.36. The van der Waals surface area contributed by atoms with Crippen molar-refractivity contribution in [2.45, 2.75) is 12.5 Å². The monoisotopic (exact) mass is 298 g/mol. The summed E-state index contributed by atoms with van der Waals surface area (Å²) in [7, 11) is -1.47. The van der Waals surface area contributed by atoms with Gasteiger partial charge in [0, 0.05) is 30.8 Å². The molecule has 1 atom stereocenters. The molecule has 1 fully saturated rings. The maximum atomic E-state index is 11.9. The van der Waals surface area contributed by atoms with Crippen molar-refractivity contribution in [2.24, 2.45) is 0 Å². The van der Waals surface area contributed by atoms with Gasteiger partial charge in [-0.25, -0.2) is 8.42 Å². The summed E-state index contributed by atoms with van der Waals surface area (Å²) >= 11 is 0. The Morgan fingerprint density at radius 1 is 1.50 bits per heavy atom. The highest BCUT2D eigenvalue weighted by Gasteiger charge is 2.25. The van der Waals surface area contributed by atoms with E-state index in [-0.39, 0.29) is 29.9 Å². The van der Waals surface area contributed by atoms with E-state index in [0.29, 0.717) is 18.0 Å². The quantitative estimate of drug-likeness (QED) is 0.841. The van der Waals surface area contributed by atoms with Gasteiger partial charge < -0.3 is 15.4 Å². The Hall–Kier alpha value is -1.60. The van der Waals surface area contributed by atoms with Crippen LogP contribution >= 0.6 is 0 Å². The van der Waals surface area contributed by atoms with Gasteiger partial charge in [-0.05, 0) is 12.1 Å². The van der Waals surface area contributed by atoms with Crippen molar-refractivity contribution in [3.05, 3.63) is 24.3 Å². The second-order valence-corrected chi connectivity index (χ2v) is 6.98. The van der Waals surface area contributed by atoms with Gasteiger partial charge in [0.05, 0.1) is 18.6 Å². The Balaban J connectivity index is 1.92. The number of hydrogen-bond acceptors (Lipinski definition) is 5. The summed E-state index contributed by atoms with van der Waals surface area (Å²) in [6, 6.07) is 6.70. The second kappa shape index (κ2) is 6.23. The fourth-order valence-electron chi connectivity index (χ4n) is 2.14. The number of anilines is 1. The highest BCUT2D eigenvalue weighted by molar-refractivity contribution is 7.91. The molecule has 0 radical (unpaired) electrons. The van der Waals surface area contributed by atoms with Gasteiger partial charge in [-0.15, -0.1) is 0 Å². The van der Waals surface area contributed by atoms with Crippen molar-refractivity contribution in [2.75, 3.05) is 30.5 Å². The zero-order valence-electron chi connectivity index (χ0n) is 11.3. The van der Waals surface area contributed by atoms with Crippen LogP contribution in [-0.4, -0.2) is 45.5 Å². The molecule has 1 unspecified atom stereocenters. The predicted molar refractivity (Wildman–Crippen MR) is 76.7 cm³/mol. The summed E-state index contributed by atoms with van der Waals surface area (Å²) in [5.74, 6) is 0.591. The summed E-state index contributed by atoms with van der Waals surface area (Å²) in [5.41, 5.74) is 0.632. The van der Waals surface area contributed by atoms with Gasteiger partial charge >= 0.3 is 0 Å². The first-order chi connectivity index (χ1) is 9.48. The molecular weight excluding hydrogens is 280 g/mol. The van der Waals surface area contributed by atoms with Crippen LogP contribution in [0.2, 0.25) is 0 Å². The molecule has 1 aliphatic heterocycles. The van der Waals surface area contributed by atoms with E-state index in [9.17, 15) is 13.2 Å². The third-order valence-corrected chi connectivity index (χ3v) is 4.82. The lowest BCUT2D eigenvalue weighted by molar-refractivity contribution is -0.116. The van der Waals surface area contributed by atoms with Crippen molar-refractivity contribution in [1.29, 1.82) is 0 Å². The van der Waals surface area contributed by atoms with Crippen LogP contribution in [0.4, 0.5) is 5.69 Å². The molecule has 0 saturated carbocycles. The number of carbonyl (C=O) groups excluding carboxylic acids is 1. The zero-order valence-corrected chi connectivity index (χ0v) is 12.1. The van der Waals surface area contributed by atoms with Crippen LogP contribution in [0.25, 0.3) is 0 Å². The van der Waals surface area contributed by atoms with E-state index < -0.39 is 9.84 Å². The van der Waals surface area contributed by atoms with Crippen molar-refractivity contribution >= 4 is 21.4 Å². The number of ether oxygens (including phenoxy) is 1. The zero-order chi connectivity index (χ0) is 14.6. The highest BCUT2D eigenvalue weighted by atomic mass is 32.2. The molecule has 2 rings (SSSR count). The first-order valence-corrected chi connectivity index (χ1v) is 8.18. The van der Waals surface area contributed by atoms with Gasteiger partial charge in [-0.2, -0.15) is 0 Å². The van der Waals surface area contributed by atoms with Gasteiger partial charge in [0.1, 0.15) is 5.75 Å². The molecule has 1 aromatic carbocycles. The van der Waals surface area contributed by atoms with Crippen molar-refractivity contribution in [1.82, 2.24) is 5.32 Å². The van der Waals surface area contributed by atoms with Gasteiger partial charge in [-0.1, -0.05) is 6.07 Å². The molecule has 6 nitrogen and oxygen atoms in total. The normalized spacial score (nSPS) is 21.1. The van der Waals surface area contributed by atoms with Crippen LogP contribution in [0.15, 0.2) is 24.3 Å². The van der Waals surface area contributed by atoms with Crippen LogP contribution in [0.3, 0.4) is 0 Å². The minimum Gasteiger partial charge on any atom is -0.497 e. The number of sulfone groups is 1. The molecular formula is C13H18N2O4S. The van der Waals surface area contributed by atoms with E-state index >= 15 is 0 Å². The summed E-state index contributed by atoms with van der Waals surface area (Å²) in [6.45, 7) is 0.402. The van der Waals surface area contributed by atoms with Gasteiger partial charge in [0.15, 0.2) is 9.84 Å². The molecule has 1 aromatic rings. The Bertz CT molecular complexity index is 586. The van der Waals surface area contributed by atoms with E-state index in [0.717, 1.165) is 0 Å². The summed E-state index contributed by atoms with van der Waals surface area (Å²) in [6.07, 6.45) is 0.135. The van der Waals surface area contributed by atoms with Crippen molar-refractivity contribution in [3.8, 4) is 5.75 Å². The maximum absolute atomic E-state index is 11.9. The Morgan fingerprint density at radius 2 is 2.30 bits per heavy atom. The van der Waals surface area contributed by atoms with Crippen LogP contribution in [-0.2, 0) is 14.6 Å². The Morgan fingerprint density at radius 3 is 3.00 bits per heavy atom. The van der Waals surface area contributed by atoms with Crippen molar-refractivity contribution < 1.29 is 17.9 Å². The van der Waals surface area contributed by atoms with E-state index in [1.807, 2.05) is 0 Å². The molecule has 20 heavy (non-hydrogen) atoms. The molecule has 1 saturated heterocycles. The van der Waals surface area contributed by atoms with E-state index in [2.05, 4.69) is 10.6 Å². The topological polar surface area (TPSA) is 84.5 Å². The van der Waals surface area contributed by atoms with Crippen LogP contribution in [0, 0.1) is 0 Å². The van der Waals surface area contributed by atoms with Gasteiger partial charge in [0.2, 0.25) is 5.91 Å². The van der Waals surface area contributed by atoms with Crippen LogP contribution in [0.1, 0.15) is 6.42 Å². The van der Waals surface area contributed by atoms with Gasteiger partial charge in [-0.3, -0.25) is 4.79 Å². The Kier molecular flexibility index (Phi) is 4.61. The predicted octanol–water partition coefficient (Wildman–Crippen LogP) is 0.410. The number of amides is 1. The molecule has 1 heterocycles. The molecule has 1 aliphatic rings. The third-order valence-electron chi connectivity index (χ3n) is 3.09. The molecule has 0 aromatic heterocycles. The fraction of sp³-hybridized carbons (Fsp3) is 0.462. The largest absolute Gasteiger partial charge is 0.497 e. The number of nitrogens with one attached hydrogen (secondary N) is 2. The highest BCUT2D eigenvalue weighted by Crippen LogP contribution is 2.17. The molecule has 0 aliphatic carbocycles. The first kappa shape index (κ1) is 14.8. The average Bonchev–Trinajstić information content (AvgIpc) is 2.37. The number of benzene rings is 1. The van der Waals surface area contributed by atoms with E-state index in [1.165, 1.54) is 0 Å². The molecule has 0 spiro atoms. The lowest BCUT2D eigenvalue weighted by Crippen LogP contribution is -2.46. The van der Waals surface area contributed by atoms with Crippen LogP contribution < -0.4 is 15.4 Å². The molecule has 110 valence electrons. The fourth-order valence-corrected chi connectivity index (χ4v) is 3.58. The second-order valence-electron chi connectivity index (χ2n) is 4.75. The Labute approximate surface area is 118 Å². The van der Waals surface area contributed by atoms with Crippen LogP contribution in [0.5, 0.6) is 5.75 Å². The summed E-state index contributed by atoms with van der Waals surface area (Å²) in [4.78, 5) is 11.9. The third kappa shape index (κ3) is 4.21. The number of methoxy groups -OCH3 is 1.